The average Bonchev–Trinajstić information content (AvgIpc) is 2.90. The number of hydrogen-bond acceptors (Lipinski definition) is 3. The summed E-state index contributed by atoms with van der Waals surface area (Å²) in [7, 11) is 0. The second kappa shape index (κ2) is 9.58. The van der Waals surface area contributed by atoms with Crippen LogP contribution >= 0.6 is 0 Å². The highest BCUT2D eigenvalue weighted by atomic mass is 15.2. The van der Waals surface area contributed by atoms with Crippen LogP contribution in [0.1, 0.15) is 17.5 Å². The summed E-state index contributed by atoms with van der Waals surface area (Å²) >= 11 is 0. The minimum atomic E-state index is 1.02. The Hall–Kier alpha value is -1.68. The van der Waals surface area contributed by atoms with Crippen molar-refractivity contribution in [3.8, 4) is 0 Å². The second-order valence-corrected chi connectivity index (χ2v) is 6.63. The lowest BCUT2D eigenvalue weighted by Gasteiger charge is -2.27. The van der Waals surface area contributed by atoms with Gasteiger partial charge < -0.3 is 10.2 Å². The molecule has 0 spiro atoms. The first-order valence-corrected chi connectivity index (χ1v) is 9.13. The van der Waals surface area contributed by atoms with Crippen molar-refractivity contribution in [2.24, 2.45) is 0 Å². The summed E-state index contributed by atoms with van der Waals surface area (Å²) in [6.07, 6.45) is 1.26. The highest BCUT2D eigenvalue weighted by Gasteiger charge is 2.12. The van der Waals surface area contributed by atoms with Gasteiger partial charge in [-0.3, -0.25) is 4.90 Å². The molecule has 1 N–H and O–H groups in total. The van der Waals surface area contributed by atoms with Crippen LogP contribution in [0, 0.1) is 0 Å². The molecule has 0 saturated carbocycles. The molecule has 0 atom stereocenters. The standard InChI is InChI=1S/C21H29N3/c1-3-8-20(9-4-1)18-24(19-21-10-5-2-6-11-21)17-16-23-14-7-12-22-13-15-23/h1-6,8-11,22H,7,12-19H2. The van der Waals surface area contributed by atoms with Crippen molar-refractivity contribution in [3.05, 3.63) is 71.8 Å². The van der Waals surface area contributed by atoms with Gasteiger partial charge in [-0.1, -0.05) is 60.7 Å². The van der Waals surface area contributed by atoms with E-state index >= 15 is 0 Å². The van der Waals surface area contributed by atoms with E-state index in [9.17, 15) is 0 Å². The molecular weight excluding hydrogens is 294 g/mol. The molecule has 1 aliphatic heterocycles. The molecule has 3 rings (SSSR count). The summed E-state index contributed by atoms with van der Waals surface area (Å²) in [6, 6.07) is 21.6. The Morgan fingerprint density at radius 1 is 0.792 bits per heavy atom. The van der Waals surface area contributed by atoms with E-state index in [0.29, 0.717) is 0 Å². The third-order valence-corrected chi connectivity index (χ3v) is 4.66. The number of nitrogens with zero attached hydrogens (tertiary/aromatic N) is 2. The van der Waals surface area contributed by atoms with Crippen LogP contribution < -0.4 is 5.32 Å². The van der Waals surface area contributed by atoms with E-state index in [4.69, 9.17) is 0 Å². The average molecular weight is 323 g/mol. The summed E-state index contributed by atoms with van der Waals surface area (Å²) in [6.45, 7) is 8.97. The van der Waals surface area contributed by atoms with Gasteiger partial charge in [0.05, 0.1) is 0 Å². The predicted molar refractivity (Wildman–Crippen MR) is 101 cm³/mol. The fourth-order valence-electron chi connectivity index (χ4n) is 3.31. The van der Waals surface area contributed by atoms with Crippen LogP contribution in [-0.4, -0.2) is 49.1 Å². The van der Waals surface area contributed by atoms with E-state index in [1.807, 2.05) is 0 Å². The maximum Gasteiger partial charge on any atom is 0.0237 e. The third-order valence-electron chi connectivity index (χ3n) is 4.66. The summed E-state index contributed by atoms with van der Waals surface area (Å²) in [5.41, 5.74) is 2.79. The zero-order valence-electron chi connectivity index (χ0n) is 14.5. The SMILES string of the molecule is c1ccc(CN(CCN2CCCNCC2)Cc2ccccc2)cc1. The van der Waals surface area contributed by atoms with E-state index in [2.05, 4.69) is 75.8 Å². The normalized spacial score (nSPS) is 16.2. The van der Waals surface area contributed by atoms with Crippen molar-refractivity contribution in [1.29, 1.82) is 0 Å². The molecule has 128 valence electrons. The topological polar surface area (TPSA) is 18.5 Å². The van der Waals surface area contributed by atoms with Gasteiger partial charge in [-0.05, 0) is 30.6 Å². The summed E-state index contributed by atoms with van der Waals surface area (Å²) in [4.78, 5) is 5.17. The Morgan fingerprint density at radius 2 is 1.42 bits per heavy atom. The van der Waals surface area contributed by atoms with Gasteiger partial charge in [0.15, 0.2) is 0 Å². The molecule has 1 heterocycles. The van der Waals surface area contributed by atoms with Crippen LogP contribution in [0.2, 0.25) is 0 Å². The number of hydrogen-bond donors (Lipinski definition) is 1. The first-order valence-electron chi connectivity index (χ1n) is 9.13. The maximum atomic E-state index is 3.49. The number of rotatable bonds is 7. The number of benzene rings is 2. The van der Waals surface area contributed by atoms with Crippen LogP contribution in [-0.2, 0) is 13.1 Å². The minimum absolute atomic E-state index is 1.02. The summed E-state index contributed by atoms with van der Waals surface area (Å²) in [5.74, 6) is 0. The van der Waals surface area contributed by atoms with Gasteiger partial charge in [0, 0.05) is 39.3 Å². The molecule has 0 aromatic heterocycles. The van der Waals surface area contributed by atoms with Crippen molar-refractivity contribution < 1.29 is 0 Å². The van der Waals surface area contributed by atoms with Crippen LogP contribution in [0.4, 0.5) is 0 Å². The Labute approximate surface area is 146 Å². The van der Waals surface area contributed by atoms with E-state index in [-0.39, 0.29) is 0 Å². The van der Waals surface area contributed by atoms with E-state index in [1.165, 1.54) is 30.6 Å². The molecule has 2 aromatic carbocycles. The molecule has 0 radical (unpaired) electrons. The van der Waals surface area contributed by atoms with E-state index < -0.39 is 0 Å². The largest absolute Gasteiger partial charge is 0.315 e. The molecule has 0 unspecified atom stereocenters. The first-order chi connectivity index (χ1) is 11.9. The molecule has 2 aromatic rings. The zero-order valence-corrected chi connectivity index (χ0v) is 14.5. The molecule has 1 aliphatic rings. The zero-order chi connectivity index (χ0) is 16.5. The van der Waals surface area contributed by atoms with Crippen molar-refractivity contribution >= 4 is 0 Å². The quantitative estimate of drug-likeness (QED) is 0.845. The van der Waals surface area contributed by atoms with Gasteiger partial charge in [0.2, 0.25) is 0 Å². The lowest BCUT2D eigenvalue weighted by atomic mass is 10.1. The Morgan fingerprint density at radius 3 is 2.04 bits per heavy atom. The molecule has 24 heavy (non-hydrogen) atoms. The van der Waals surface area contributed by atoms with Gasteiger partial charge >= 0.3 is 0 Å². The number of nitrogens with one attached hydrogen (secondary N) is 1. The highest BCUT2D eigenvalue weighted by molar-refractivity contribution is 5.17. The fraction of sp³-hybridized carbons (Fsp3) is 0.429. The molecular formula is C21H29N3. The Balaban J connectivity index is 1.60. The van der Waals surface area contributed by atoms with Crippen molar-refractivity contribution in [2.45, 2.75) is 19.5 Å². The lowest BCUT2D eigenvalue weighted by molar-refractivity contribution is 0.198. The molecule has 0 aliphatic carbocycles. The Bertz CT molecular complexity index is 521. The van der Waals surface area contributed by atoms with Gasteiger partial charge in [-0.2, -0.15) is 0 Å². The van der Waals surface area contributed by atoms with Crippen LogP contribution in [0.25, 0.3) is 0 Å². The molecule has 1 fully saturated rings. The molecule has 3 nitrogen and oxygen atoms in total. The maximum absolute atomic E-state index is 3.49. The van der Waals surface area contributed by atoms with Gasteiger partial charge in [-0.15, -0.1) is 0 Å². The van der Waals surface area contributed by atoms with E-state index in [0.717, 1.165) is 39.3 Å². The van der Waals surface area contributed by atoms with Crippen molar-refractivity contribution in [2.75, 3.05) is 39.3 Å². The third kappa shape index (κ3) is 5.75. The predicted octanol–water partition coefficient (Wildman–Crippen LogP) is 2.98. The molecule has 1 saturated heterocycles. The molecule has 0 amide bonds. The van der Waals surface area contributed by atoms with Crippen LogP contribution in [0.15, 0.2) is 60.7 Å². The fourth-order valence-corrected chi connectivity index (χ4v) is 3.31. The summed E-state index contributed by atoms with van der Waals surface area (Å²) < 4.78 is 0. The van der Waals surface area contributed by atoms with Crippen molar-refractivity contribution in [1.82, 2.24) is 15.1 Å². The van der Waals surface area contributed by atoms with Gasteiger partial charge in [0.1, 0.15) is 0 Å². The van der Waals surface area contributed by atoms with Gasteiger partial charge in [0.25, 0.3) is 0 Å². The van der Waals surface area contributed by atoms with Crippen LogP contribution in [0.3, 0.4) is 0 Å². The molecule has 0 bridgehead atoms. The van der Waals surface area contributed by atoms with Crippen molar-refractivity contribution in [3.63, 3.8) is 0 Å². The monoisotopic (exact) mass is 323 g/mol. The lowest BCUT2D eigenvalue weighted by Crippen LogP contribution is -2.36. The smallest absolute Gasteiger partial charge is 0.0237 e. The highest BCUT2D eigenvalue weighted by Crippen LogP contribution is 2.10. The van der Waals surface area contributed by atoms with E-state index in [1.54, 1.807) is 0 Å². The minimum Gasteiger partial charge on any atom is -0.315 e. The Kier molecular flexibility index (Phi) is 6.84. The van der Waals surface area contributed by atoms with Crippen LogP contribution in [0.5, 0.6) is 0 Å². The molecule has 3 heteroatoms. The van der Waals surface area contributed by atoms with Gasteiger partial charge in [-0.25, -0.2) is 0 Å². The second-order valence-electron chi connectivity index (χ2n) is 6.63. The summed E-state index contributed by atoms with van der Waals surface area (Å²) in [5, 5.41) is 3.49. The first kappa shape index (κ1) is 17.2.